The molecule has 0 aromatic heterocycles. The topological polar surface area (TPSA) is 0 Å². The summed E-state index contributed by atoms with van der Waals surface area (Å²) in [4.78, 5) is 0. The van der Waals surface area contributed by atoms with Gasteiger partial charge in [0.15, 0.2) is 0 Å². The Bertz CT molecular complexity index is 39.3. The molecule has 0 saturated carbocycles. The first kappa shape index (κ1) is 10.5. The van der Waals surface area contributed by atoms with Gasteiger partial charge in [0.05, 0.1) is 0 Å². The minimum absolute atomic E-state index is 0. The Labute approximate surface area is 40.2 Å². The summed E-state index contributed by atoms with van der Waals surface area (Å²) >= 11 is 0. The summed E-state index contributed by atoms with van der Waals surface area (Å²) in [6.45, 7) is 0. The number of rotatable bonds is 0. The average Bonchev–Trinajstić information content (AvgIpc) is 0.650. The van der Waals surface area contributed by atoms with Crippen molar-refractivity contribution in [3.8, 4) is 0 Å². The summed E-state index contributed by atoms with van der Waals surface area (Å²) in [6.07, 6.45) is 0. The predicted molar refractivity (Wildman–Crippen MR) is 23.6 cm³/mol. The maximum atomic E-state index is 9.84. The molecular formula is H3F5P2. The molecule has 0 saturated heterocycles. The summed E-state index contributed by atoms with van der Waals surface area (Å²) in [6, 6.07) is 0. The molecule has 0 aliphatic heterocycles. The Hall–Kier alpha value is 0.510. The smallest absolute Gasteiger partial charge is 0.153 e. The molecule has 1 atom stereocenters. The van der Waals surface area contributed by atoms with E-state index >= 15 is 0 Å². The van der Waals surface area contributed by atoms with Crippen molar-refractivity contribution in [1.29, 1.82) is 0 Å². The zero-order valence-corrected chi connectivity index (χ0v) is 5.35. The third kappa shape index (κ3) is 509. The minimum atomic E-state index is -8.55. The van der Waals surface area contributed by atoms with Gasteiger partial charge in [0.1, 0.15) is 0 Å². The first-order chi connectivity index (χ1) is 2.24. The molecule has 7 heteroatoms. The van der Waals surface area contributed by atoms with Crippen LogP contribution >= 0.6 is 18.1 Å². The fourth-order valence-electron chi connectivity index (χ4n) is 0. The van der Waals surface area contributed by atoms with Gasteiger partial charge in [-0.3, -0.25) is 0 Å². The monoisotopic (exact) mass is 160 g/mol. The van der Waals surface area contributed by atoms with Gasteiger partial charge in [0.2, 0.25) is 0 Å². The Balaban J connectivity index is 0. The van der Waals surface area contributed by atoms with E-state index in [0.29, 0.717) is 0 Å². The molecule has 0 aliphatic rings. The maximum Gasteiger partial charge on any atom is -0.153 e. The van der Waals surface area contributed by atoms with Crippen LogP contribution in [0.3, 0.4) is 0 Å². The second kappa shape index (κ2) is 1.79. The van der Waals surface area contributed by atoms with Crippen LogP contribution in [-0.4, -0.2) is 0 Å². The first-order valence-electron chi connectivity index (χ1n) is 0.845. The van der Waals surface area contributed by atoms with Crippen LogP contribution in [0.2, 0.25) is 0 Å². The predicted octanol–water partition coefficient (Wildman–Crippen LogP) is 3.02. The van der Waals surface area contributed by atoms with Crippen LogP contribution in [-0.2, 0) is 0 Å². The van der Waals surface area contributed by atoms with E-state index in [4.69, 9.17) is 0 Å². The van der Waals surface area contributed by atoms with Crippen LogP contribution < -0.4 is 0 Å². The van der Waals surface area contributed by atoms with Crippen LogP contribution in [0.1, 0.15) is 0 Å². The quantitative estimate of drug-likeness (QED) is 0.377. The van der Waals surface area contributed by atoms with Crippen molar-refractivity contribution in [3.63, 3.8) is 0 Å². The number of hydrogen-bond donors (Lipinski definition) is 0. The molecule has 48 valence electrons. The molecule has 0 N–H and O–H groups in total. The van der Waals surface area contributed by atoms with E-state index in [9.17, 15) is 21.0 Å². The number of hydrogen-bond acceptors (Lipinski definition) is 0. The molecular weight excluding hydrogens is 157 g/mol. The van der Waals surface area contributed by atoms with Crippen molar-refractivity contribution in [3.05, 3.63) is 0 Å². The van der Waals surface area contributed by atoms with Gasteiger partial charge in [-0.1, -0.05) is 0 Å². The molecule has 0 spiro atoms. The van der Waals surface area contributed by atoms with E-state index in [1.807, 2.05) is 0 Å². The van der Waals surface area contributed by atoms with Crippen LogP contribution in [0.4, 0.5) is 21.0 Å². The van der Waals surface area contributed by atoms with Crippen molar-refractivity contribution in [2.75, 3.05) is 0 Å². The van der Waals surface area contributed by atoms with E-state index in [0.717, 1.165) is 0 Å². The van der Waals surface area contributed by atoms with Gasteiger partial charge < -0.3 is 0 Å². The minimum Gasteiger partial charge on any atom is -0.153 e. The molecule has 0 rings (SSSR count). The van der Waals surface area contributed by atoms with E-state index in [1.54, 1.807) is 0 Å². The summed E-state index contributed by atoms with van der Waals surface area (Å²) in [5.74, 6) is 0. The third-order valence-corrected chi connectivity index (χ3v) is 0. The molecule has 0 aromatic rings. The Morgan fingerprint density at radius 1 is 0.714 bits per heavy atom. The molecule has 1 unspecified atom stereocenters. The van der Waals surface area contributed by atoms with Crippen molar-refractivity contribution in [2.45, 2.75) is 0 Å². The van der Waals surface area contributed by atoms with Gasteiger partial charge in [0, 0.05) is 0 Å². The average molecular weight is 160 g/mol. The summed E-state index contributed by atoms with van der Waals surface area (Å²) in [7, 11) is -8.55. The molecule has 0 heterocycles. The fourth-order valence-corrected chi connectivity index (χ4v) is 0. The summed E-state index contributed by atoms with van der Waals surface area (Å²) < 4.78 is 49.2. The van der Waals surface area contributed by atoms with E-state index in [2.05, 4.69) is 0 Å². The van der Waals surface area contributed by atoms with Crippen molar-refractivity contribution in [2.24, 2.45) is 0 Å². The Morgan fingerprint density at radius 3 is 0.714 bits per heavy atom. The number of halogens is 5. The molecule has 0 amide bonds. The van der Waals surface area contributed by atoms with Crippen LogP contribution in [0.25, 0.3) is 0 Å². The van der Waals surface area contributed by atoms with Gasteiger partial charge >= 0.3 is 29.1 Å². The maximum absolute atomic E-state index is 9.84. The van der Waals surface area contributed by atoms with Gasteiger partial charge in [-0.25, -0.2) is 0 Å². The standard InChI is InChI=1S/F5P.H3P/c1-6(2,3,4)5;/h;1H3. The van der Waals surface area contributed by atoms with Gasteiger partial charge in [-0.15, -0.1) is 0 Å². The molecule has 0 aromatic carbocycles. The largest absolute Gasteiger partial charge is 0.153 e. The molecule has 0 aliphatic carbocycles. The zero-order chi connectivity index (χ0) is 5.45. The molecule has 0 nitrogen and oxygen atoms in total. The molecule has 0 fully saturated rings. The normalized spacial score (nSPS) is 16.4. The summed E-state index contributed by atoms with van der Waals surface area (Å²) in [5, 5.41) is 0. The molecule has 0 radical (unpaired) electrons. The van der Waals surface area contributed by atoms with E-state index in [1.165, 1.54) is 0 Å². The SMILES string of the molecule is FP(F)(F)(F)F.P. The molecule has 0 bridgehead atoms. The van der Waals surface area contributed by atoms with Gasteiger partial charge in [0.25, 0.3) is 0 Å². The third-order valence-electron chi connectivity index (χ3n) is 0. The Kier molecular flexibility index (Phi) is 2.68. The van der Waals surface area contributed by atoms with Crippen molar-refractivity contribution < 1.29 is 21.0 Å². The summed E-state index contributed by atoms with van der Waals surface area (Å²) in [5.41, 5.74) is 0. The van der Waals surface area contributed by atoms with Crippen molar-refractivity contribution in [1.82, 2.24) is 0 Å². The zero-order valence-electron chi connectivity index (χ0n) is 3.04. The molecule has 7 heavy (non-hydrogen) atoms. The van der Waals surface area contributed by atoms with Gasteiger partial charge in [-0.2, -0.15) is 9.90 Å². The second-order valence-electron chi connectivity index (χ2n) is 0.639. The Morgan fingerprint density at radius 2 is 0.714 bits per heavy atom. The van der Waals surface area contributed by atoms with Gasteiger partial charge in [-0.05, 0) is 0 Å². The first-order valence-corrected chi connectivity index (χ1v) is 2.54. The van der Waals surface area contributed by atoms with E-state index < -0.39 is 8.16 Å². The second-order valence-corrected chi connectivity index (χ2v) is 1.92. The van der Waals surface area contributed by atoms with Crippen LogP contribution in [0.15, 0.2) is 0 Å². The van der Waals surface area contributed by atoms with E-state index in [-0.39, 0.29) is 9.90 Å². The van der Waals surface area contributed by atoms with Crippen molar-refractivity contribution >= 4 is 18.1 Å². The van der Waals surface area contributed by atoms with Crippen LogP contribution in [0.5, 0.6) is 0 Å². The fraction of sp³-hybridized carbons (Fsp3) is 0. The van der Waals surface area contributed by atoms with Crippen LogP contribution in [0, 0.1) is 0 Å².